The standard InChI is InChI=1S/C19H20F2N2O3S/c1-10-8-13(20)14(21)9-15(10)23-18(24)17-16(19(17,2)3)11-4-6-12(7-5-11)27(22,25)26/h4-9,16-17H,1-3H3,(H,23,24)(H2,22,25,26). The number of halogens is 2. The number of anilines is 1. The van der Waals surface area contributed by atoms with E-state index < -0.39 is 21.7 Å². The Kier molecular flexibility index (Phi) is 4.60. The van der Waals surface area contributed by atoms with Gasteiger partial charge in [0.25, 0.3) is 0 Å². The molecule has 5 nitrogen and oxygen atoms in total. The Morgan fingerprint density at radius 2 is 1.67 bits per heavy atom. The molecule has 1 amide bonds. The summed E-state index contributed by atoms with van der Waals surface area (Å²) in [6.45, 7) is 5.43. The van der Waals surface area contributed by atoms with Gasteiger partial charge in [-0.2, -0.15) is 0 Å². The third kappa shape index (κ3) is 3.59. The third-order valence-corrected chi connectivity index (χ3v) is 6.13. The highest BCUT2D eigenvalue weighted by Crippen LogP contribution is 2.64. The van der Waals surface area contributed by atoms with Crippen molar-refractivity contribution < 1.29 is 22.0 Å². The molecule has 0 aromatic heterocycles. The van der Waals surface area contributed by atoms with E-state index in [1.54, 1.807) is 19.1 Å². The molecule has 1 aliphatic carbocycles. The van der Waals surface area contributed by atoms with Crippen molar-refractivity contribution in [1.29, 1.82) is 0 Å². The van der Waals surface area contributed by atoms with Crippen molar-refractivity contribution in [2.45, 2.75) is 31.6 Å². The van der Waals surface area contributed by atoms with Gasteiger partial charge in [-0.15, -0.1) is 0 Å². The van der Waals surface area contributed by atoms with Gasteiger partial charge in [-0.25, -0.2) is 22.3 Å². The Bertz CT molecular complexity index is 1020. The minimum atomic E-state index is -3.78. The monoisotopic (exact) mass is 394 g/mol. The van der Waals surface area contributed by atoms with Gasteiger partial charge in [0.2, 0.25) is 15.9 Å². The molecule has 2 aromatic rings. The van der Waals surface area contributed by atoms with Gasteiger partial charge in [0.1, 0.15) is 0 Å². The molecule has 144 valence electrons. The maximum atomic E-state index is 13.5. The van der Waals surface area contributed by atoms with Gasteiger partial charge in [0.15, 0.2) is 11.6 Å². The molecule has 3 rings (SSSR count). The zero-order chi connectivity index (χ0) is 20.1. The number of sulfonamides is 1. The topological polar surface area (TPSA) is 89.3 Å². The van der Waals surface area contributed by atoms with Crippen molar-refractivity contribution in [2.75, 3.05) is 5.32 Å². The summed E-state index contributed by atoms with van der Waals surface area (Å²) in [5.41, 5.74) is 1.11. The second-order valence-electron chi connectivity index (χ2n) is 7.46. The molecule has 27 heavy (non-hydrogen) atoms. The molecule has 1 saturated carbocycles. The van der Waals surface area contributed by atoms with E-state index >= 15 is 0 Å². The molecule has 0 bridgehead atoms. The highest BCUT2D eigenvalue weighted by atomic mass is 32.2. The summed E-state index contributed by atoms with van der Waals surface area (Å²) >= 11 is 0. The van der Waals surface area contributed by atoms with Gasteiger partial charge in [-0.3, -0.25) is 4.79 Å². The first-order valence-corrected chi connectivity index (χ1v) is 9.87. The van der Waals surface area contributed by atoms with E-state index in [0.717, 1.165) is 17.7 Å². The zero-order valence-corrected chi connectivity index (χ0v) is 15.9. The van der Waals surface area contributed by atoms with Crippen molar-refractivity contribution in [2.24, 2.45) is 16.5 Å². The van der Waals surface area contributed by atoms with Gasteiger partial charge in [-0.05, 0) is 41.7 Å². The summed E-state index contributed by atoms with van der Waals surface area (Å²) in [5.74, 6) is -2.80. The van der Waals surface area contributed by atoms with Gasteiger partial charge in [-0.1, -0.05) is 26.0 Å². The average molecular weight is 394 g/mol. The second-order valence-corrected chi connectivity index (χ2v) is 9.02. The second kappa shape index (κ2) is 6.38. The molecular weight excluding hydrogens is 374 g/mol. The summed E-state index contributed by atoms with van der Waals surface area (Å²) in [7, 11) is -3.78. The number of carbonyl (C=O) groups excluding carboxylic acids is 1. The smallest absolute Gasteiger partial charge is 0.238 e. The van der Waals surface area contributed by atoms with E-state index in [-0.39, 0.29) is 33.7 Å². The highest BCUT2D eigenvalue weighted by molar-refractivity contribution is 7.89. The van der Waals surface area contributed by atoms with Crippen LogP contribution in [0.5, 0.6) is 0 Å². The number of nitrogens with one attached hydrogen (secondary N) is 1. The summed E-state index contributed by atoms with van der Waals surface area (Å²) < 4.78 is 49.5. The average Bonchev–Trinajstić information content (AvgIpc) is 3.14. The van der Waals surface area contributed by atoms with E-state index in [4.69, 9.17) is 5.14 Å². The van der Waals surface area contributed by atoms with E-state index in [0.29, 0.717) is 5.56 Å². The Hall–Kier alpha value is -2.32. The Balaban J connectivity index is 1.81. The molecular formula is C19H20F2N2O3S. The van der Waals surface area contributed by atoms with Crippen molar-refractivity contribution >= 4 is 21.6 Å². The molecule has 0 spiro atoms. The van der Waals surface area contributed by atoms with Crippen LogP contribution in [0.1, 0.15) is 30.9 Å². The first kappa shape index (κ1) is 19.4. The molecule has 0 heterocycles. The lowest BCUT2D eigenvalue weighted by molar-refractivity contribution is -0.118. The number of hydrogen-bond donors (Lipinski definition) is 2. The molecule has 0 saturated heterocycles. The molecule has 2 aromatic carbocycles. The third-order valence-electron chi connectivity index (χ3n) is 5.20. The normalized spacial score (nSPS) is 21.0. The van der Waals surface area contributed by atoms with E-state index in [9.17, 15) is 22.0 Å². The zero-order valence-electron chi connectivity index (χ0n) is 15.1. The first-order chi connectivity index (χ1) is 12.4. The maximum absolute atomic E-state index is 13.5. The Labute approximate surface area is 156 Å². The molecule has 0 aliphatic heterocycles. The Morgan fingerprint density at radius 3 is 2.22 bits per heavy atom. The van der Waals surface area contributed by atoms with Crippen molar-refractivity contribution in [1.82, 2.24) is 0 Å². The van der Waals surface area contributed by atoms with E-state index in [1.807, 2.05) is 13.8 Å². The van der Waals surface area contributed by atoms with Gasteiger partial charge in [0.05, 0.1) is 10.8 Å². The summed E-state index contributed by atoms with van der Waals surface area (Å²) in [6, 6.07) is 8.10. The molecule has 1 aliphatic rings. The Morgan fingerprint density at radius 1 is 1.11 bits per heavy atom. The molecule has 3 N–H and O–H groups in total. The van der Waals surface area contributed by atoms with Crippen molar-refractivity contribution in [3.05, 3.63) is 59.2 Å². The van der Waals surface area contributed by atoms with Gasteiger partial charge in [0, 0.05) is 17.7 Å². The summed E-state index contributed by atoms with van der Waals surface area (Å²) in [6.07, 6.45) is 0. The van der Waals surface area contributed by atoms with Crippen LogP contribution in [0.25, 0.3) is 0 Å². The van der Waals surface area contributed by atoms with E-state index in [1.165, 1.54) is 12.1 Å². The van der Waals surface area contributed by atoms with Crippen LogP contribution in [0.4, 0.5) is 14.5 Å². The van der Waals surface area contributed by atoms with Crippen LogP contribution in [-0.4, -0.2) is 14.3 Å². The lowest BCUT2D eigenvalue weighted by Crippen LogP contribution is -2.18. The summed E-state index contributed by atoms with van der Waals surface area (Å²) in [5, 5.41) is 7.77. The van der Waals surface area contributed by atoms with Crippen molar-refractivity contribution in [3.63, 3.8) is 0 Å². The number of nitrogens with two attached hydrogens (primary N) is 1. The molecule has 1 fully saturated rings. The molecule has 2 atom stereocenters. The SMILES string of the molecule is Cc1cc(F)c(F)cc1NC(=O)C1C(c2ccc(S(N)(=O)=O)cc2)C1(C)C. The quantitative estimate of drug-likeness (QED) is 0.834. The van der Waals surface area contributed by atoms with Crippen molar-refractivity contribution in [3.8, 4) is 0 Å². The fraction of sp³-hybridized carbons (Fsp3) is 0.316. The fourth-order valence-electron chi connectivity index (χ4n) is 3.61. The number of primary sulfonamides is 1. The highest BCUT2D eigenvalue weighted by Gasteiger charge is 2.62. The van der Waals surface area contributed by atoms with Crippen LogP contribution in [0, 0.1) is 29.9 Å². The first-order valence-electron chi connectivity index (χ1n) is 8.32. The van der Waals surface area contributed by atoms with Crippen LogP contribution < -0.4 is 10.5 Å². The minimum absolute atomic E-state index is 0.00289. The lowest BCUT2D eigenvalue weighted by Gasteiger charge is -2.10. The summed E-state index contributed by atoms with van der Waals surface area (Å²) in [4.78, 5) is 12.7. The number of aryl methyl sites for hydroxylation is 1. The van der Waals surface area contributed by atoms with E-state index in [2.05, 4.69) is 5.32 Å². The lowest BCUT2D eigenvalue weighted by atomic mass is 10.0. The van der Waals surface area contributed by atoms with Crippen LogP contribution in [0.2, 0.25) is 0 Å². The van der Waals surface area contributed by atoms with Crippen LogP contribution in [0.15, 0.2) is 41.3 Å². The number of amides is 1. The van der Waals surface area contributed by atoms with Crippen LogP contribution >= 0.6 is 0 Å². The number of hydrogen-bond acceptors (Lipinski definition) is 3. The molecule has 0 radical (unpaired) electrons. The number of carbonyl (C=O) groups is 1. The largest absolute Gasteiger partial charge is 0.325 e. The predicted molar refractivity (Wildman–Crippen MR) is 97.6 cm³/mol. The fourth-order valence-corrected chi connectivity index (χ4v) is 4.12. The van der Waals surface area contributed by atoms with Gasteiger partial charge >= 0.3 is 0 Å². The van der Waals surface area contributed by atoms with Crippen LogP contribution in [0.3, 0.4) is 0 Å². The molecule has 8 heteroatoms. The minimum Gasteiger partial charge on any atom is -0.325 e. The van der Waals surface area contributed by atoms with Crippen LogP contribution in [-0.2, 0) is 14.8 Å². The predicted octanol–water partition coefficient (Wildman–Crippen LogP) is 3.30. The number of rotatable bonds is 4. The number of benzene rings is 2. The van der Waals surface area contributed by atoms with Gasteiger partial charge < -0.3 is 5.32 Å². The maximum Gasteiger partial charge on any atom is 0.238 e. The molecule has 2 unspecified atom stereocenters.